The van der Waals surface area contributed by atoms with Crippen molar-refractivity contribution in [3.05, 3.63) is 66.2 Å². The van der Waals surface area contributed by atoms with Crippen LogP contribution in [0.5, 0.6) is 5.75 Å². The molecule has 0 unspecified atom stereocenters. The van der Waals surface area contributed by atoms with Crippen molar-refractivity contribution in [1.29, 1.82) is 0 Å². The highest BCUT2D eigenvalue weighted by molar-refractivity contribution is 5.64. The third kappa shape index (κ3) is 9.32. The number of ether oxygens (including phenoxy) is 1. The Morgan fingerprint density at radius 3 is 1.71 bits per heavy atom. The second-order valence-electron chi connectivity index (χ2n) is 12.4. The number of hydrogen-bond acceptors (Lipinski definition) is 1. The zero-order valence-electron chi connectivity index (χ0n) is 24.5. The lowest BCUT2D eigenvalue weighted by atomic mass is 9.77. The van der Waals surface area contributed by atoms with Crippen molar-refractivity contribution in [2.45, 2.75) is 122 Å². The third-order valence-electron chi connectivity index (χ3n) is 9.49. The van der Waals surface area contributed by atoms with Gasteiger partial charge in [0.05, 0.1) is 0 Å². The van der Waals surface area contributed by atoms with E-state index >= 15 is 0 Å². The summed E-state index contributed by atoms with van der Waals surface area (Å²) in [5, 5.41) is 0. The van der Waals surface area contributed by atoms with Crippen LogP contribution < -0.4 is 4.74 Å². The molecule has 0 atom stereocenters. The maximum absolute atomic E-state index is 6.03. The minimum atomic E-state index is 0.672. The lowest BCUT2D eigenvalue weighted by Gasteiger charge is -2.29. The molecule has 0 aromatic heterocycles. The summed E-state index contributed by atoms with van der Waals surface area (Å²) in [6, 6.07) is 18.1. The molecule has 2 fully saturated rings. The van der Waals surface area contributed by atoms with Crippen LogP contribution in [0.15, 0.2) is 60.7 Å². The molecule has 4 rings (SSSR count). The average Bonchev–Trinajstić information content (AvgIpc) is 2.97. The van der Waals surface area contributed by atoms with Crippen LogP contribution in [-0.4, -0.2) is 6.61 Å². The largest absolute Gasteiger partial charge is 0.490 e. The van der Waals surface area contributed by atoms with E-state index in [1.54, 1.807) is 0 Å². The quantitative estimate of drug-likeness (QED) is 0.180. The molecule has 208 valence electrons. The van der Waals surface area contributed by atoms with Crippen LogP contribution in [0.2, 0.25) is 0 Å². The van der Waals surface area contributed by atoms with Gasteiger partial charge in [0.15, 0.2) is 0 Å². The van der Waals surface area contributed by atoms with E-state index in [2.05, 4.69) is 74.5 Å². The Labute approximate surface area is 234 Å². The number of rotatable bonds is 14. The van der Waals surface area contributed by atoms with Gasteiger partial charge in [-0.05, 0) is 104 Å². The van der Waals surface area contributed by atoms with Crippen LogP contribution in [0, 0.1) is 17.8 Å². The zero-order chi connectivity index (χ0) is 26.4. The van der Waals surface area contributed by atoms with Gasteiger partial charge in [-0.3, -0.25) is 0 Å². The van der Waals surface area contributed by atoms with Crippen LogP contribution in [0.25, 0.3) is 11.1 Å². The van der Waals surface area contributed by atoms with E-state index in [9.17, 15) is 0 Å². The molecule has 0 amide bonds. The van der Waals surface area contributed by atoms with Crippen molar-refractivity contribution < 1.29 is 4.74 Å². The fourth-order valence-electron chi connectivity index (χ4n) is 6.90. The van der Waals surface area contributed by atoms with Gasteiger partial charge in [0, 0.05) is 0 Å². The molecule has 2 saturated carbocycles. The molecule has 0 heterocycles. The molecule has 1 nitrogen and oxygen atoms in total. The molecule has 0 radical (unpaired) electrons. The lowest BCUT2D eigenvalue weighted by molar-refractivity contribution is 0.288. The molecule has 2 aromatic carbocycles. The molecule has 2 aliphatic carbocycles. The number of allylic oxidation sites excluding steroid dienone is 1. The van der Waals surface area contributed by atoms with E-state index in [0.717, 1.165) is 29.4 Å². The van der Waals surface area contributed by atoms with Gasteiger partial charge in [-0.1, -0.05) is 114 Å². The van der Waals surface area contributed by atoms with E-state index in [0.29, 0.717) is 6.61 Å². The van der Waals surface area contributed by atoms with Crippen molar-refractivity contribution in [2.24, 2.45) is 17.8 Å². The molecule has 2 aliphatic rings. The summed E-state index contributed by atoms with van der Waals surface area (Å²) < 4.78 is 6.03. The molecule has 2 aromatic rings. The minimum absolute atomic E-state index is 0.672. The number of benzene rings is 2. The summed E-state index contributed by atoms with van der Waals surface area (Å²) in [4.78, 5) is 0. The maximum Gasteiger partial charge on any atom is 0.119 e. The smallest absolute Gasteiger partial charge is 0.119 e. The van der Waals surface area contributed by atoms with Crippen LogP contribution in [-0.2, 0) is 0 Å². The van der Waals surface area contributed by atoms with Gasteiger partial charge in [0.1, 0.15) is 12.4 Å². The van der Waals surface area contributed by atoms with E-state index < -0.39 is 0 Å². The van der Waals surface area contributed by atoms with E-state index in [-0.39, 0.29) is 0 Å². The Kier molecular flexibility index (Phi) is 12.3. The van der Waals surface area contributed by atoms with Gasteiger partial charge in [-0.25, -0.2) is 0 Å². The Morgan fingerprint density at radius 1 is 0.632 bits per heavy atom. The highest BCUT2D eigenvalue weighted by Gasteiger charge is 2.22. The van der Waals surface area contributed by atoms with Crippen molar-refractivity contribution in [2.75, 3.05) is 6.61 Å². The molecular formula is C37H54O. The van der Waals surface area contributed by atoms with Gasteiger partial charge in [-0.15, -0.1) is 0 Å². The molecule has 38 heavy (non-hydrogen) atoms. The third-order valence-corrected chi connectivity index (χ3v) is 9.49. The maximum atomic E-state index is 6.03. The molecular weight excluding hydrogens is 460 g/mol. The first-order valence-electron chi connectivity index (χ1n) is 16.2. The number of unbranched alkanes of at least 4 members (excludes halogenated alkanes) is 4. The molecule has 1 heteroatoms. The van der Waals surface area contributed by atoms with Gasteiger partial charge in [-0.2, -0.15) is 0 Å². The summed E-state index contributed by atoms with van der Waals surface area (Å²) in [6.07, 6.45) is 27.1. The standard InChI is InChI=1S/C37H54O/c1-3-5-7-10-30-13-15-32(16-14-30)12-9-29-38-37-27-25-36(26-28-37)35-23-21-34(22-24-35)33-19-17-31(18-20-33)11-8-6-4-2/h9,12,21-28,30-33H,3-8,10-11,13-20,29H2,1-2H3. The van der Waals surface area contributed by atoms with Crippen molar-refractivity contribution in [1.82, 2.24) is 0 Å². The highest BCUT2D eigenvalue weighted by Crippen LogP contribution is 2.38. The Balaban J connectivity index is 1.16. The predicted molar refractivity (Wildman–Crippen MR) is 165 cm³/mol. The summed E-state index contributed by atoms with van der Waals surface area (Å²) in [7, 11) is 0. The first-order chi connectivity index (χ1) is 18.7. The van der Waals surface area contributed by atoms with Gasteiger partial charge in [0.2, 0.25) is 0 Å². The minimum Gasteiger partial charge on any atom is -0.490 e. The SMILES string of the molecule is CCCCCC1CCC(C=CCOc2ccc(-c3ccc(C4CCC(CCCCC)CC4)cc3)cc2)CC1. The summed E-state index contributed by atoms with van der Waals surface area (Å²) in [5.74, 6) is 4.44. The van der Waals surface area contributed by atoms with Crippen molar-refractivity contribution in [3.8, 4) is 16.9 Å². The highest BCUT2D eigenvalue weighted by atomic mass is 16.5. The van der Waals surface area contributed by atoms with Crippen LogP contribution in [0.4, 0.5) is 0 Å². The Morgan fingerprint density at radius 2 is 1.16 bits per heavy atom. The molecule has 0 N–H and O–H groups in total. The zero-order valence-corrected chi connectivity index (χ0v) is 24.5. The molecule has 0 aliphatic heterocycles. The molecule has 0 saturated heterocycles. The Bertz CT molecular complexity index is 908. The van der Waals surface area contributed by atoms with Gasteiger partial charge >= 0.3 is 0 Å². The topological polar surface area (TPSA) is 9.23 Å². The fraction of sp³-hybridized carbons (Fsp3) is 0.622. The van der Waals surface area contributed by atoms with Crippen LogP contribution >= 0.6 is 0 Å². The predicted octanol–water partition coefficient (Wildman–Crippen LogP) is 11.5. The van der Waals surface area contributed by atoms with Gasteiger partial charge in [0.25, 0.3) is 0 Å². The van der Waals surface area contributed by atoms with Crippen LogP contribution in [0.3, 0.4) is 0 Å². The molecule has 0 spiro atoms. The molecule has 0 bridgehead atoms. The second kappa shape index (κ2) is 16.2. The average molecular weight is 515 g/mol. The lowest BCUT2D eigenvalue weighted by Crippen LogP contribution is -2.13. The van der Waals surface area contributed by atoms with E-state index in [1.165, 1.54) is 119 Å². The van der Waals surface area contributed by atoms with E-state index in [1.807, 2.05) is 0 Å². The van der Waals surface area contributed by atoms with Crippen molar-refractivity contribution >= 4 is 0 Å². The van der Waals surface area contributed by atoms with Crippen molar-refractivity contribution in [3.63, 3.8) is 0 Å². The monoisotopic (exact) mass is 514 g/mol. The normalized spacial score (nSPS) is 24.1. The van der Waals surface area contributed by atoms with Gasteiger partial charge < -0.3 is 4.74 Å². The first kappa shape index (κ1) is 29.0. The summed E-state index contributed by atoms with van der Waals surface area (Å²) in [5.41, 5.74) is 4.12. The summed E-state index contributed by atoms with van der Waals surface area (Å²) in [6.45, 7) is 5.28. The first-order valence-corrected chi connectivity index (χ1v) is 16.2. The van der Waals surface area contributed by atoms with E-state index in [4.69, 9.17) is 4.74 Å². The second-order valence-corrected chi connectivity index (χ2v) is 12.4. The Hall–Kier alpha value is -2.02. The summed E-state index contributed by atoms with van der Waals surface area (Å²) >= 11 is 0. The number of hydrogen-bond donors (Lipinski definition) is 0. The van der Waals surface area contributed by atoms with Crippen LogP contribution in [0.1, 0.15) is 128 Å². The fourth-order valence-corrected chi connectivity index (χ4v) is 6.90.